The molecule has 0 aliphatic carbocycles. The van der Waals surface area contributed by atoms with Crippen LogP contribution in [-0.4, -0.2) is 12.5 Å². The fourth-order valence-electron chi connectivity index (χ4n) is 3.13. The van der Waals surface area contributed by atoms with Gasteiger partial charge < -0.3 is 14.8 Å². The van der Waals surface area contributed by atoms with Gasteiger partial charge in [0.25, 0.3) is 5.91 Å². The van der Waals surface area contributed by atoms with Crippen LogP contribution in [0.2, 0.25) is 0 Å². The summed E-state index contributed by atoms with van der Waals surface area (Å²) in [6.45, 7) is 6.65. The molecule has 0 fully saturated rings. The molecular formula is C27H25BrN2O3. The molecule has 33 heavy (non-hydrogen) atoms. The van der Waals surface area contributed by atoms with Gasteiger partial charge in [0.1, 0.15) is 18.2 Å². The number of benzene rings is 3. The highest BCUT2D eigenvalue weighted by atomic mass is 79.9. The third-order valence-corrected chi connectivity index (χ3v) is 5.49. The van der Waals surface area contributed by atoms with Crippen molar-refractivity contribution in [3.8, 4) is 17.6 Å². The van der Waals surface area contributed by atoms with E-state index in [0.29, 0.717) is 40.4 Å². The summed E-state index contributed by atoms with van der Waals surface area (Å²) in [4.78, 5) is 12.7. The summed E-state index contributed by atoms with van der Waals surface area (Å²) in [7, 11) is 0. The summed E-state index contributed by atoms with van der Waals surface area (Å²) in [5, 5.41) is 12.4. The highest BCUT2D eigenvalue weighted by Gasteiger charge is 2.15. The van der Waals surface area contributed by atoms with Crippen molar-refractivity contribution in [3.63, 3.8) is 0 Å². The Hall–Kier alpha value is -3.56. The van der Waals surface area contributed by atoms with E-state index in [1.165, 1.54) is 11.6 Å². The molecule has 3 aromatic rings. The Kier molecular flexibility index (Phi) is 8.28. The van der Waals surface area contributed by atoms with E-state index < -0.39 is 5.91 Å². The minimum absolute atomic E-state index is 0.0130. The topological polar surface area (TPSA) is 71.3 Å². The predicted molar refractivity (Wildman–Crippen MR) is 134 cm³/mol. The molecule has 0 spiro atoms. The molecule has 3 aromatic carbocycles. The Labute approximate surface area is 202 Å². The lowest BCUT2D eigenvalue weighted by Crippen LogP contribution is -2.14. The zero-order valence-corrected chi connectivity index (χ0v) is 20.4. The van der Waals surface area contributed by atoms with Crippen molar-refractivity contribution in [1.82, 2.24) is 0 Å². The first-order valence-electron chi connectivity index (χ1n) is 10.5. The second kappa shape index (κ2) is 11.3. The van der Waals surface area contributed by atoms with Crippen molar-refractivity contribution in [1.29, 1.82) is 5.26 Å². The van der Waals surface area contributed by atoms with Crippen molar-refractivity contribution in [3.05, 3.63) is 93.0 Å². The van der Waals surface area contributed by atoms with E-state index in [1.54, 1.807) is 18.2 Å². The number of hydrogen-bond acceptors (Lipinski definition) is 4. The van der Waals surface area contributed by atoms with Crippen LogP contribution in [0, 0.1) is 25.2 Å². The Balaban J connectivity index is 1.85. The van der Waals surface area contributed by atoms with Gasteiger partial charge in [0.15, 0.2) is 11.5 Å². The van der Waals surface area contributed by atoms with Gasteiger partial charge in [-0.2, -0.15) is 5.26 Å². The number of amides is 1. The normalized spacial score (nSPS) is 10.9. The van der Waals surface area contributed by atoms with Gasteiger partial charge in [0.05, 0.1) is 11.1 Å². The first kappa shape index (κ1) is 24.1. The molecule has 5 nitrogen and oxygen atoms in total. The van der Waals surface area contributed by atoms with Gasteiger partial charge in [0.2, 0.25) is 0 Å². The number of nitrogens with one attached hydrogen (secondary N) is 1. The van der Waals surface area contributed by atoms with Crippen molar-refractivity contribution >= 4 is 33.6 Å². The predicted octanol–water partition coefficient (Wildman–Crippen LogP) is 6.59. The minimum atomic E-state index is -0.472. The smallest absolute Gasteiger partial charge is 0.266 e. The van der Waals surface area contributed by atoms with Crippen LogP contribution in [0.15, 0.2) is 70.7 Å². The van der Waals surface area contributed by atoms with E-state index in [2.05, 4.69) is 21.2 Å². The van der Waals surface area contributed by atoms with Crippen LogP contribution < -0.4 is 14.8 Å². The van der Waals surface area contributed by atoms with E-state index in [9.17, 15) is 10.1 Å². The number of nitriles is 1. The van der Waals surface area contributed by atoms with E-state index in [-0.39, 0.29) is 5.57 Å². The molecule has 3 rings (SSSR count). The van der Waals surface area contributed by atoms with Crippen molar-refractivity contribution < 1.29 is 14.3 Å². The summed E-state index contributed by atoms with van der Waals surface area (Å²) < 4.78 is 12.5. The van der Waals surface area contributed by atoms with E-state index in [4.69, 9.17) is 9.47 Å². The standard InChI is InChI=1S/C27H25BrN2O3/c1-4-32-25-15-21(13-22(16-29)27(31)30-24-8-6-5-7-19(24)3)14-23(28)26(25)33-17-20-11-9-18(2)10-12-20/h5-15H,4,17H2,1-3H3,(H,30,31)/b22-13-. The highest BCUT2D eigenvalue weighted by molar-refractivity contribution is 9.10. The highest BCUT2D eigenvalue weighted by Crippen LogP contribution is 2.38. The summed E-state index contributed by atoms with van der Waals surface area (Å²) in [6, 6.07) is 21.1. The molecule has 0 bridgehead atoms. The Morgan fingerprint density at radius 1 is 1.09 bits per heavy atom. The maximum absolute atomic E-state index is 12.7. The van der Waals surface area contributed by atoms with E-state index in [0.717, 1.165) is 11.1 Å². The van der Waals surface area contributed by atoms with Crippen LogP contribution in [0.1, 0.15) is 29.2 Å². The Morgan fingerprint density at radius 3 is 2.48 bits per heavy atom. The van der Waals surface area contributed by atoms with E-state index >= 15 is 0 Å². The van der Waals surface area contributed by atoms with Crippen LogP contribution >= 0.6 is 15.9 Å². The molecule has 0 saturated heterocycles. The number of halogens is 1. The number of nitrogens with zero attached hydrogens (tertiary/aromatic N) is 1. The van der Waals surface area contributed by atoms with Crippen LogP contribution in [0.5, 0.6) is 11.5 Å². The third-order valence-electron chi connectivity index (χ3n) is 4.90. The van der Waals surface area contributed by atoms with Gasteiger partial charge in [0, 0.05) is 5.69 Å². The first-order valence-corrected chi connectivity index (χ1v) is 11.3. The fourth-order valence-corrected chi connectivity index (χ4v) is 3.71. The lowest BCUT2D eigenvalue weighted by Gasteiger charge is -2.15. The second-order valence-electron chi connectivity index (χ2n) is 7.48. The SMILES string of the molecule is CCOc1cc(/C=C(/C#N)C(=O)Nc2ccccc2C)cc(Br)c1OCc1ccc(C)cc1. The zero-order valence-electron chi connectivity index (χ0n) is 18.8. The zero-order chi connectivity index (χ0) is 23.8. The number of rotatable bonds is 8. The molecule has 0 aromatic heterocycles. The number of para-hydroxylation sites is 1. The summed E-state index contributed by atoms with van der Waals surface area (Å²) in [5.74, 6) is 0.625. The van der Waals surface area contributed by atoms with Crippen molar-refractivity contribution in [2.45, 2.75) is 27.4 Å². The molecule has 168 valence electrons. The van der Waals surface area contributed by atoms with Crippen LogP contribution in [-0.2, 0) is 11.4 Å². The van der Waals surface area contributed by atoms with Gasteiger partial charge in [-0.3, -0.25) is 4.79 Å². The van der Waals surface area contributed by atoms with Gasteiger partial charge in [-0.05, 0) is 77.7 Å². The number of carbonyl (C=O) groups excluding carboxylic acids is 1. The molecular weight excluding hydrogens is 480 g/mol. The molecule has 0 saturated carbocycles. The molecule has 1 N–H and O–H groups in total. The second-order valence-corrected chi connectivity index (χ2v) is 8.33. The summed E-state index contributed by atoms with van der Waals surface area (Å²) >= 11 is 3.55. The van der Waals surface area contributed by atoms with Crippen LogP contribution in [0.4, 0.5) is 5.69 Å². The Morgan fingerprint density at radius 2 is 1.82 bits per heavy atom. The van der Waals surface area contributed by atoms with Crippen LogP contribution in [0.25, 0.3) is 6.08 Å². The van der Waals surface area contributed by atoms with Gasteiger partial charge >= 0.3 is 0 Å². The minimum Gasteiger partial charge on any atom is -0.490 e. The molecule has 0 radical (unpaired) electrons. The maximum atomic E-state index is 12.7. The van der Waals surface area contributed by atoms with Gasteiger partial charge in [-0.15, -0.1) is 0 Å². The summed E-state index contributed by atoms with van der Waals surface area (Å²) in [6.07, 6.45) is 1.53. The largest absolute Gasteiger partial charge is 0.490 e. The number of anilines is 1. The molecule has 0 heterocycles. The molecule has 0 aliphatic heterocycles. The molecule has 0 aliphatic rings. The van der Waals surface area contributed by atoms with Crippen molar-refractivity contribution in [2.24, 2.45) is 0 Å². The average molecular weight is 505 g/mol. The quantitative estimate of drug-likeness (QED) is 0.277. The number of aryl methyl sites for hydroxylation is 2. The Bertz CT molecular complexity index is 1210. The number of carbonyl (C=O) groups is 1. The lowest BCUT2D eigenvalue weighted by atomic mass is 10.1. The van der Waals surface area contributed by atoms with E-state index in [1.807, 2.05) is 69.3 Å². The molecule has 1 amide bonds. The van der Waals surface area contributed by atoms with Gasteiger partial charge in [-0.25, -0.2) is 0 Å². The summed E-state index contributed by atoms with van der Waals surface area (Å²) in [5.41, 5.74) is 4.44. The fraction of sp³-hybridized carbons (Fsp3) is 0.185. The number of hydrogen-bond donors (Lipinski definition) is 1. The van der Waals surface area contributed by atoms with Crippen molar-refractivity contribution in [2.75, 3.05) is 11.9 Å². The molecule has 6 heteroatoms. The van der Waals surface area contributed by atoms with Crippen LogP contribution in [0.3, 0.4) is 0 Å². The molecule has 0 atom stereocenters. The number of ether oxygens (including phenoxy) is 2. The monoisotopic (exact) mass is 504 g/mol. The maximum Gasteiger partial charge on any atom is 0.266 e. The third kappa shape index (κ3) is 6.47. The lowest BCUT2D eigenvalue weighted by molar-refractivity contribution is -0.112. The molecule has 0 unspecified atom stereocenters. The average Bonchev–Trinajstić information content (AvgIpc) is 2.79. The first-order chi connectivity index (χ1) is 15.9. The van der Waals surface area contributed by atoms with Gasteiger partial charge in [-0.1, -0.05) is 48.0 Å².